The molecule has 1 aliphatic rings. The summed E-state index contributed by atoms with van der Waals surface area (Å²) in [6, 6.07) is 8.65. The molecule has 0 atom stereocenters. The smallest absolute Gasteiger partial charge is 0.339 e. The van der Waals surface area contributed by atoms with Crippen LogP contribution in [0.3, 0.4) is 0 Å². The summed E-state index contributed by atoms with van der Waals surface area (Å²) in [6.07, 6.45) is 1.24. The van der Waals surface area contributed by atoms with Crippen LogP contribution in [0, 0.1) is 0 Å². The monoisotopic (exact) mass is 505 g/mol. The number of halogens is 1. The first-order chi connectivity index (χ1) is 16.2. The number of benzene rings is 2. The van der Waals surface area contributed by atoms with Crippen molar-refractivity contribution in [1.82, 2.24) is 9.29 Å². The van der Waals surface area contributed by atoms with E-state index >= 15 is 0 Å². The molecule has 12 heteroatoms. The maximum Gasteiger partial charge on any atom is 0.339 e. The molecule has 2 N–H and O–H groups in total. The minimum absolute atomic E-state index is 0.0795. The molecule has 178 valence electrons. The maximum atomic E-state index is 13.5. The van der Waals surface area contributed by atoms with Gasteiger partial charge in [-0.15, -0.1) is 0 Å². The lowest BCUT2D eigenvalue weighted by molar-refractivity contribution is 0.0602. The number of sulfonamides is 1. The number of carboxylic acids is 1. The lowest BCUT2D eigenvalue weighted by Crippen LogP contribution is -2.40. The number of hydrogen-bond donors (Lipinski definition) is 2. The van der Waals surface area contributed by atoms with Crippen molar-refractivity contribution in [2.24, 2.45) is 0 Å². The number of anilines is 2. The van der Waals surface area contributed by atoms with E-state index in [2.05, 4.69) is 10.3 Å². The second-order valence-electron chi connectivity index (χ2n) is 7.36. The first kappa shape index (κ1) is 23.9. The number of nitrogens with zero attached hydrogens (tertiary/aromatic N) is 2. The van der Waals surface area contributed by atoms with Gasteiger partial charge in [0.15, 0.2) is 0 Å². The maximum absolute atomic E-state index is 13.5. The van der Waals surface area contributed by atoms with Gasteiger partial charge in [0.05, 0.1) is 48.3 Å². The van der Waals surface area contributed by atoms with E-state index in [4.69, 9.17) is 21.1 Å². The van der Waals surface area contributed by atoms with Crippen LogP contribution in [0.5, 0.6) is 0 Å². The number of nitrogens with one attached hydrogen (secondary N) is 1. The molecule has 10 nitrogen and oxygen atoms in total. The minimum Gasteiger partial charge on any atom is -0.478 e. The van der Waals surface area contributed by atoms with Crippen molar-refractivity contribution in [1.29, 1.82) is 0 Å². The van der Waals surface area contributed by atoms with Crippen LogP contribution in [-0.2, 0) is 19.5 Å². The molecule has 2 aromatic carbocycles. The van der Waals surface area contributed by atoms with Crippen molar-refractivity contribution in [3.8, 4) is 0 Å². The van der Waals surface area contributed by atoms with Crippen LogP contribution >= 0.6 is 11.6 Å². The number of aromatic carboxylic acids is 1. The molecule has 1 aliphatic heterocycles. The summed E-state index contributed by atoms with van der Waals surface area (Å²) in [6.45, 7) is 0.877. The summed E-state index contributed by atoms with van der Waals surface area (Å²) in [7, 11) is -2.84. The van der Waals surface area contributed by atoms with Gasteiger partial charge in [-0.25, -0.2) is 18.0 Å². The highest BCUT2D eigenvalue weighted by Crippen LogP contribution is 2.36. The van der Waals surface area contributed by atoms with Crippen LogP contribution in [0.2, 0.25) is 5.02 Å². The van der Waals surface area contributed by atoms with E-state index in [0.29, 0.717) is 15.9 Å². The number of hydrogen-bond acceptors (Lipinski definition) is 8. The molecule has 1 fully saturated rings. The number of carbonyl (C=O) groups is 2. The van der Waals surface area contributed by atoms with Gasteiger partial charge in [-0.3, -0.25) is 4.98 Å². The number of ether oxygens (including phenoxy) is 2. The van der Waals surface area contributed by atoms with Gasteiger partial charge in [-0.2, -0.15) is 4.31 Å². The zero-order valence-electron chi connectivity index (χ0n) is 17.9. The van der Waals surface area contributed by atoms with Gasteiger partial charge >= 0.3 is 11.9 Å². The molecule has 0 spiro atoms. The SMILES string of the molecule is COC(=O)c1cc(C(=O)O)ccc1Nc1c(S(=O)(=O)N2CCOCC2)cnc2ccc(Cl)cc12. The van der Waals surface area contributed by atoms with E-state index in [0.717, 1.165) is 13.2 Å². The Bertz CT molecular complexity index is 1390. The van der Waals surface area contributed by atoms with Crippen LogP contribution < -0.4 is 5.32 Å². The van der Waals surface area contributed by atoms with Crippen molar-refractivity contribution in [3.63, 3.8) is 0 Å². The number of carbonyl (C=O) groups excluding carboxylic acids is 1. The third-order valence-corrected chi connectivity index (χ3v) is 7.46. The first-order valence-electron chi connectivity index (χ1n) is 10.1. The Hall–Kier alpha value is -3.25. The Morgan fingerprint density at radius 1 is 1.18 bits per heavy atom. The molecule has 3 aromatic rings. The minimum atomic E-state index is -4.00. The predicted molar refractivity (Wildman–Crippen MR) is 124 cm³/mol. The lowest BCUT2D eigenvalue weighted by atomic mass is 10.1. The number of rotatable bonds is 6. The normalized spacial score (nSPS) is 14.6. The number of pyridine rings is 1. The van der Waals surface area contributed by atoms with Gasteiger partial charge in [-0.05, 0) is 36.4 Å². The predicted octanol–water partition coefficient (Wildman–Crippen LogP) is 3.14. The van der Waals surface area contributed by atoms with Crippen molar-refractivity contribution < 1.29 is 32.6 Å². The van der Waals surface area contributed by atoms with E-state index in [1.807, 2.05) is 0 Å². The summed E-state index contributed by atoms with van der Waals surface area (Å²) >= 11 is 6.20. The van der Waals surface area contributed by atoms with Crippen molar-refractivity contribution in [2.45, 2.75) is 4.90 Å². The molecule has 0 unspecified atom stereocenters. The standard InChI is InChI=1S/C22H20ClN3O7S/c1-32-22(29)16-10-13(21(27)28)2-4-18(16)25-20-15-11-14(23)3-5-17(15)24-12-19(20)34(30,31)26-6-8-33-9-7-26/h2-5,10-12H,6-9H2,1H3,(H,24,25)(H,27,28). The van der Waals surface area contributed by atoms with Crippen LogP contribution in [-0.4, -0.2) is 68.2 Å². The Kier molecular flexibility index (Phi) is 6.71. The zero-order valence-corrected chi connectivity index (χ0v) is 19.5. The van der Waals surface area contributed by atoms with Crippen LogP contribution in [0.15, 0.2) is 47.5 Å². The Morgan fingerprint density at radius 2 is 1.91 bits per heavy atom. The molecule has 1 aromatic heterocycles. The van der Waals surface area contributed by atoms with Gasteiger partial charge in [-0.1, -0.05) is 11.6 Å². The summed E-state index contributed by atoms with van der Waals surface area (Å²) < 4.78 is 38.4. The molecule has 0 amide bonds. The highest BCUT2D eigenvalue weighted by atomic mass is 35.5. The van der Waals surface area contributed by atoms with Crippen molar-refractivity contribution in [3.05, 3.63) is 58.7 Å². The lowest BCUT2D eigenvalue weighted by Gasteiger charge is -2.27. The molecule has 0 bridgehead atoms. The van der Waals surface area contributed by atoms with Gasteiger partial charge in [0.1, 0.15) is 4.90 Å². The molecular weight excluding hydrogens is 486 g/mol. The molecule has 1 saturated heterocycles. The van der Waals surface area contributed by atoms with Gasteiger partial charge < -0.3 is 19.9 Å². The molecule has 0 radical (unpaired) electrons. The molecular formula is C22H20ClN3O7S. The average Bonchev–Trinajstić information content (AvgIpc) is 2.84. The second kappa shape index (κ2) is 9.55. The zero-order chi connectivity index (χ0) is 24.5. The summed E-state index contributed by atoms with van der Waals surface area (Å²) in [5.41, 5.74) is 0.559. The number of carboxylic acid groups (broad SMARTS) is 1. The van der Waals surface area contributed by atoms with E-state index in [1.165, 1.54) is 22.6 Å². The Morgan fingerprint density at radius 3 is 2.59 bits per heavy atom. The van der Waals surface area contributed by atoms with Gasteiger partial charge in [0, 0.05) is 29.7 Å². The van der Waals surface area contributed by atoms with Gasteiger partial charge in [0.2, 0.25) is 10.0 Å². The van der Waals surface area contributed by atoms with Crippen LogP contribution in [0.4, 0.5) is 11.4 Å². The molecule has 34 heavy (non-hydrogen) atoms. The van der Waals surface area contributed by atoms with Crippen LogP contribution in [0.25, 0.3) is 10.9 Å². The highest BCUT2D eigenvalue weighted by molar-refractivity contribution is 7.89. The van der Waals surface area contributed by atoms with Crippen LogP contribution in [0.1, 0.15) is 20.7 Å². The topological polar surface area (TPSA) is 135 Å². The third kappa shape index (κ3) is 4.55. The summed E-state index contributed by atoms with van der Waals surface area (Å²) in [5.74, 6) is -2.02. The highest BCUT2D eigenvalue weighted by Gasteiger charge is 2.31. The van der Waals surface area contributed by atoms with E-state index < -0.39 is 22.0 Å². The van der Waals surface area contributed by atoms with E-state index in [-0.39, 0.29) is 53.7 Å². The summed E-state index contributed by atoms with van der Waals surface area (Å²) in [4.78, 5) is 28.0. The number of morpholine rings is 1. The third-order valence-electron chi connectivity index (χ3n) is 5.31. The number of fused-ring (bicyclic) bond motifs is 1. The van der Waals surface area contributed by atoms with Crippen molar-refractivity contribution >= 4 is 55.8 Å². The quantitative estimate of drug-likeness (QED) is 0.484. The van der Waals surface area contributed by atoms with E-state index in [1.54, 1.807) is 18.2 Å². The molecule has 0 aliphatic carbocycles. The van der Waals surface area contributed by atoms with Gasteiger partial charge in [0.25, 0.3) is 0 Å². The number of esters is 1. The fraction of sp³-hybridized carbons (Fsp3) is 0.227. The molecule has 0 saturated carbocycles. The first-order valence-corrected chi connectivity index (χ1v) is 11.9. The molecule has 2 heterocycles. The largest absolute Gasteiger partial charge is 0.478 e. The fourth-order valence-corrected chi connectivity index (χ4v) is 5.28. The van der Waals surface area contributed by atoms with E-state index in [9.17, 15) is 23.1 Å². The fourth-order valence-electron chi connectivity index (χ4n) is 3.60. The average molecular weight is 506 g/mol. The number of methoxy groups -OCH3 is 1. The number of aromatic nitrogens is 1. The Balaban J connectivity index is 1.93. The summed E-state index contributed by atoms with van der Waals surface area (Å²) in [5, 5.41) is 13.1. The molecule has 4 rings (SSSR count). The second-order valence-corrected chi connectivity index (χ2v) is 9.70. The van der Waals surface area contributed by atoms with Crippen molar-refractivity contribution in [2.75, 3.05) is 38.7 Å². The Labute approximate surface area is 200 Å².